The third kappa shape index (κ3) is 8.60. The van der Waals surface area contributed by atoms with E-state index < -0.39 is 8.07 Å². The molecule has 6 nitrogen and oxygen atoms in total. The van der Waals surface area contributed by atoms with E-state index in [1.165, 1.54) is 163 Å². The van der Waals surface area contributed by atoms with Gasteiger partial charge in [-0.05, 0) is 174 Å². The summed E-state index contributed by atoms with van der Waals surface area (Å²) in [6.07, 6.45) is 8.84. The van der Waals surface area contributed by atoms with Crippen LogP contribution in [0.2, 0.25) is 0 Å². The van der Waals surface area contributed by atoms with Crippen molar-refractivity contribution in [3.63, 3.8) is 0 Å². The van der Waals surface area contributed by atoms with Gasteiger partial charge in [0.1, 0.15) is 0 Å². The molecule has 500 valence electrons. The summed E-state index contributed by atoms with van der Waals surface area (Å²) in [7, 11) is -3.66. The minimum absolute atomic E-state index is 0.898. The van der Waals surface area contributed by atoms with E-state index in [1.807, 2.05) is 0 Å². The summed E-state index contributed by atoms with van der Waals surface area (Å²) in [4.78, 5) is 0. The molecule has 0 amide bonds. The fourth-order valence-electron chi connectivity index (χ4n) is 18.8. The van der Waals surface area contributed by atoms with Crippen LogP contribution in [0.15, 0.2) is 346 Å². The standard InChI is InChI=1S/C99H70N6Si/c1-63-39-45-76-82-51-54-85-79-48-42-73(60-91(79)103(69-31-17-7-18-32-69)97(85)94(82)100(88(76)57-63)66-25-11-4-12-26-66)106(72-37-23-10-24-38-72,74-43-49-80-86-55-52-83-77-46-40-64(2)58-89(77)101(67-27-13-5-14-28-67)95(83)98(86)104(92(80)61-74)70-33-19-8-20-34-70)75-44-50-81-87-56-53-84-78-47-41-65(3)59-90(78)102(68-29-15-6-16-30-68)96(84)99(87)105(93(81)62-75)71-35-21-9-22-36-71/h4-21,23-35,37-62H,22,36H2,1-3H3. The molecule has 0 aliphatic heterocycles. The van der Waals surface area contributed by atoms with Crippen molar-refractivity contribution in [3.8, 4) is 28.4 Å². The summed E-state index contributed by atoms with van der Waals surface area (Å²) >= 11 is 0. The molecule has 0 N–H and O–H groups in total. The predicted octanol–water partition coefficient (Wildman–Crippen LogP) is 22.8. The summed E-state index contributed by atoms with van der Waals surface area (Å²) in [5.41, 5.74) is 24.9. The molecule has 0 saturated carbocycles. The Balaban J connectivity index is 0.917. The van der Waals surface area contributed by atoms with Crippen LogP contribution in [-0.2, 0) is 0 Å². The van der Waals surface area contributed by atoms with Gasteiger partial charge in [0.15, 0.2) is 8.07 Å². The molecule has 1 aliphatic carbocycles. The van der Waals surface area contributed by atoms with Crippen LogP contribution in [0.3, 0.4) is 0 Å². The van der Waals surface area contributed by atoms with Crippen LogP contribution in [0, 0.1) is 20.8 Å². The third-order valence-electron chi connectivity index (χ3n) is 23.3. The zero-order chi connectivity index (χ0) is 70.0. The van der Waals surface area contributed by atoms with E-state index in [1.54, 1.807) is 0 Å². The van der Waals surface area contributed by atoms with Crippen LogP contribution in [0.1, 0.15) is 29.5 Å². The van der Waals surface area contributed by atoms with E-state index in [9.17, 15) is 0 Å². The first-order chi connectivity index (χ1) is 52.3. The van der Waals surface area contributed by atoms with Crippen LogP contribution >= 0.6 is 0 Å². The Morgan fingerprint density at radius 1 is 0.226 bits per heavy atom. The summed E-state index contributed by atoms with van der Waals surface area (Å²) in [5, 5.41) is 19.9. The second-order valence-corrected chi connectivity index (χ2v) is 33.1. The number of hydrogen-bond donors (Lipinski definition) is 0. The number of fused-ring (bicyclic) bond motifs is 21. The van der Waals surface area contributed by atoms with E-state index in [0.717, 1.165) is 52.3 Å². The Kier molecular flexibility index (Phi) is 13.2. The molecule has 106 heavy (non-hydrogen) atoms. The van der Waals surface area contributed by atoms with Crippen LogP contribution in [0.4, 0.5) is 0 Å². The molecule has 1 aliphatic rings. The highest BCUT2D eigenvalue weighted by Gasteiger charge is 2.44. The lowest BCUT2D eigenvalue weighted by Crippen LogP contribution is -2.74. The van der Waals surface area contributed by atoms with Crippen molar-refractivity contribution in [1.29, 1.82) is 0 Å². The highest BCUT2D eigenvalue weighted by atomic mass is 28.3. The average molecular weight is 1370 g/mol. The fourth-order valence-corrected chi connectivity index (χ4v) is 23.6. The molecule has 0 unspecified atom stereocenters. The number of benzene rings is 15. The van der Waals surface area contributed by atoms with Gasteiger partial charge in [-0.15, -0.1) is 0 Å². The second kappa shape index (κ2) is 23.2. The van der Waals surface area contributed by atoms with Crippen LogP contribution in [0.5, 0.6) is 0 Å². The Hall–Kier alpha value is -13.2. The molecule has 0 spiro atoms. The summed E-state index contributed by atoms with van der Waals surface area (Å²) in [6.45, 7) is 6.65. The van der Waals surface area contributed by atoms with Crippen LogP contribution in [-0.4, -0.2) is 35.5 Å². The van der Waals surface area contributed by atoms with Crippen LogP contribution < -0.4 is 20.7 Å². The maximum atomic E-state index is 2.68. The largest absolute Gasteiger partial charge is 0.311 e. The Labute approximate surface area is 613 Å². The number of hydrogen-bond acceptors (Lipinski definition) is 0. The van der Waals surface area contributed by atoms with Gasteiger partial charge in [-0.25, -0.2) is 0 Å². The van der Waals surface area contributed by atoms with E-state index in [2.05, 4.69) is 394 Å². The van der Waals surface area contributed by atoms with E-state index in [4.69, 9.17) is 0 Å². The maximum Gasteiger partial charge on any atom is 0.179 e. The van der Waals surface area contributed by atoms with Gasteiger partial charge in [-0.3, -0.25) is 0 Å². The van der Waals surface area contributed by atoms with Gasteiger partial charge in [0.25, 0.3) is 0 Å². The topological polar surface area (TPSA) is 29.6 Å². The molecule has 22 rings (SSSR count). The molecule has 0 atom stereocenters. The number of aromatic nitrogens is 6. The molecule has 7 heteroatoms. The lowest BCUT2D eigenvalue weighted by Gasteiger charge is -2.35. The molecule has 6 aromatic heterocycles. The van der Waals surface area contributed by atoms with Gasteiger partial charge < -0.3 is 27.4 Å². The van der Waals surface area contributed by atoms with Crippen molar-refractivity contribution < 1.29 is 0 Å². The van der Waals surface area contributed by atoms with Crippen LogP contribution in [0.25, 0.3) is 165 Å². The highest BCUT2D eigenvalue weighted by Crippen LogP contribution is 2.47. The van der Waals surface area contributed by atoms with Crippen molar-refractivity contribution >= 4 is 165 Å². The number of aryl methyl sites for hydroxylation is 3. The predicted molar refractivity (Wildman–Crippen MR) is 452 cm³/mol. The zero-order valence-electron chi connectivity index (χ0n) is 59.0. The summed E-state index contributed by atoms with van der Waals surface area (Å²) in [6, 6.07) is 125. The first-order valence-corrected chi connectivity index (χ1v) is 39.1. The van der Waals surface area contributed by atoms with Gasteiger partial charge >= 0.3 is 0 Å². The van der Waals surface area contributed by atoms with E-state index >= 15 is 0 Å². The van der Waals surface area contributed by atoms with E-state index in [-0.39, 0.29) is 0 Å². The number of rotatable bonds is 10. The normalized spacial score (nSPS) is 13.0. The van der Waals surface area contributed by atoms with Gasteiger partial charge in [0.05, 0.1) is 66.2 Å². The minimum atomic E-state index is -3.66. The van der Waals surface area contributed by atoms with Crippen molar-refractivity contribution in [1.82, 2.24) is 27.4 Å². The SMILES string of the molecule is Cc1ccc2c3ccc4c5ccc([Si](c6ccccc6)(c6ccc7c8ccc9c%10ccc(C)cc%10n(-c%10ccccc%10)c9c8n(-c8ccccc8)c7c6)c6ccc7c8ccc9c%10ccc(C)cc%10n(-c%10ccccc%10)c9c8n(-c8ccccc8)c7c6)cc5n(C5=CC=CCC5)c4c3n(-c3ccccc3)c2c1. The molecule has 0 saturated heterocycles. The average Bonchev–Trinajstić information content (AvgIpc) is 1.48. The monoisotopic (exact) mass is 1370 g/mol. The Bertz CT molecular complexity index is 7030. The molecule has 21 aromatic rings. The quantitative estimate of drug-likeness (QED) is 0.0965. The Morgan fingerprint density at radius 3 is 0.755 bits per heavy atom. The second-order valence-electron chi connectivity index (χ2n) is 29.3. The lowest BCUT2D eigenvalue weighted by molar-refractivity contribution is 0.979. The van der Waals surface area contributed by atoms with Crippen molar-refractivity contribution in [2.75, 3.05) is 0 Å². The summed E-state index contributed by atoms with van der Waals surface area (Å²) in [5.74, 6) is 0. The molecule has 0 radical (unpaired) electrons. The molecule has 0 fully saturated rings. The van der Waals surface area contributed by atoms with Gasteiger partial charge in [0, 0.05) is 98.8 Å². The number of allylic oxidation sites excluding steroid dienone is 4. The fraction of sp³-hybridized carbons (Fsp3) is 0.0505. The first-order valence-electron chi connectivity index (χ1n) is 37.1. The zero-order valence-corrected chi connectivity index (χ0v) is 60.0. The highest BCUT2D eigenvalue weighted by molar-refractivity contribution is 7.20. The van der Waals surface area contributed by atoms with Crippen molar-refractivity contribution in [2.24, 2.45) is 0 Å². The maximum absolute atomic E-state index is 3.66. The molecular formula is C99H70N6Si. The smallest absolute Gasteiger partial charge is 0.179 e. The van der Waals surface area contributed by atoms with Gasteiger partial charge in [-0.2, -0.15) is 0 Å². The minimum Gasteiger partial charge on any atom is -0.311 e. The molecule has 0 bridgehead atoms. The van der Waals surface area contributed by atoms with Crippen molar-refractivity contribution in [3.05, 3.63) is 363 Å². The molecule has 6 heterocycles. The van der Waals surface area contributed by atoms with E-state index in [0.29, 0.717) is 0 Å². The number of para-hydroxylation sites is 5. The van der Waals surface area contributed by atoms with Gasteiger partial charge in [0.2, 0.25) is 0 Å². The van der Waals surface area contributed by atoms with Crippen molar-refractivity contribution in [2.45, 2.75) is 33.6 Å². The lowest BCUT2D eigenvalue weighted by atomic mass is 10.1. The molecule has 15 aromatic carbocycles. The number of nitrogens with zero attached hydrogens (tertiary/aromatic N) is 6. The first kappa shape index (κ1) is 60.4. The Morgan fingerprint density at radius 2 is 0.472 bits per heavy atom. The van der Waals surface area contributed by atoms with Gasteiger partial charge in [-0.1, -0.05) is 243 Å². The third-order valence-corrected chi connectivity index (χ3v) is 28.0. The summed E-state index contributed by atoms with van der Waals surface area (Å²) < 4.78 is 15.5. The molecular weight excluding hydrogens is 1300 g/mol.